The first-order valence-electron chi connectivity index (χ1n) is 16.9. The molecule has 0 bridgehead atoms. The number of methoxy groups -OCH3 is 2. The van der Waals surface area contributed by atoms with E-state index < -0.39 is 62.7 Å². The van der Waals surface area contributed by atoms with Crippen molar-refractivity contribution in [1.29, 1.82) is 0 Å². The lowest BCUT2D eigenvalue weighted by Gasteiger charge is -2.49. The number of benzene rings is 3. The van der Waals surface area contributed by atoms with Crippen LogP contribution < -0.4 is 31.3 Å². The summed E-state index contributed by atoms with van der Waals surface area (Å²) < 4.78 is 29.4. The van der Waals surface area contributed by atoms with Crippen LogP contribution in [-0.2, 0) is 36.1 Å². The summed E-state index contributed by atoms with van der Waals surface area (Å²) in [5, 5.41) is 10.2. The van der Waals surface area contributed by atoms with Gasteiger partial charge in [0.05, 0.1) is 43.5 Å². The Morgan fingerprint density at radius 2 is 1.64 bits per heavy atom. The van der Waals surface area contributed by atoms with Crippen molar-refractivity contribution in [2.75, 3.05) is 19.1 Å². The molecule has 2 aliphatic heterocycles. The molecule has 3 aliphatic rings. The standard InChI is InChI=1S/C37H30Cl3FN6O8/c1-43-26-16-29(55-3)28(54-2)15-25(26)42-24(31(43)49)11-12-44-34(52)45-13-10-22-27(47(45)35(44)53)17-36(39)32(50)46(19-6-4-18(41)5-7-19)33(51)37(36,40)30(22)21-9-8-20(48)14-23(21)38/h4-10,14-16,27,30,48H,11-13,17H2,1-3H3/t27-,30+,36-,37+/m1/s1. The number of anilines is 1. The predicted octanol–water partition coefficient (Wildman–Crippen LogP) is 4.01. The summed E-state index contributed by atoms with van der Waals surface area (Å²) in [6.45, 7) is -0.370. The Balaban J connectivity index is 1.23. The molecular formula is C37H30Cl3FN6O8. The largest absolute Gasteiger partial charge is 0.508 e. The van der Waals surface area contributed by atoms with E-state index in [0.29, 0.717) is 28.1 Å². The number of fused-ring (bicyclic) bond motifs is 5. The topological polar surface area (TPSA) is 160 Å². The Morgan fingerprint density at radius 3 is 2.31 bits per heavy atom. The van der Waals surface area contributed by atoms with Crippen LogP contribution in [0.1, 0.15) is 29.6 Å². The number of alkyl halides is 2. The average Bonchev–Trinajstić information content (AvgIpc) is 3.49. The fourth-order valence-electron chi connectivity index (χ4n) is 8.09. The summed E-state index contributed by atoms with van der Waals surface area (Å²) >= 11 is 21.4. The maximum Gasteiger partial charge on any atom is 0.347 e. The van der Waals surface area contributed by atoms with Crippen LogP contribution in [0.2, 0.25) is 5.02 Å². The SMILES string of the molecule is COc1cc2nc(CCn3c(=O)n4n(c3=O)[C@@H]3C[C@@]5(Cl)C(=O)N(c6ccc(F)cc6)C(=O)[C@@]5(Cl)[C@@H](c5ccc(O)cc5Cl)C3=CC4)c(=O)n(C)c2cc1OC. The highest BCUT2D eigenvalue weighted by molar-refractivity contribution is 6.58. The quantitative estimate of drug-likeness (QED) is 0.146. The van der Waals surface area contributed by atoms with Gasteiger partial charge in [-0.2, -0.15) is 0 Å². The van der Waals surface area contributed by atoms with Crippen LogP contribution in [0, 0.1) is 5.82 Å². The number of aryl methyl sites for hydroxylation is 2. The van der Waals surface area contributed by atoms with Gasteiger partial charge in [-0.05, 0) is 47.5 Å². The molecule has 55 heavy (non-hydrogen) atoms. The molecule has 0 unspecified atom stereocenters. The molecule has 8 rings (SSSR count). The smallest absolute Gasteiger partial charge is 0.347 e. The van der Waals surface area contributed by atoms with E-state index in [1.54, 1.807) is 25.3 Å². The zero-order valence-corrected chi connectivity index (χ0v) is 31.5. The second kappa shape index (κ2) is 12.9. The van der Waals surface area contributed by atoms with Crippen LogP contribution >= 0.6 is 34.8 Å². The normalized spacial score (nSPS) is 23.0. The Kier molecular flexibility index (Phi) is 8.55. The molecule has 1 saturated carbocycles. The summed E-state index contributed by atoms with van der Waals surface area (Å²) in [6.07, 6.45) is 1.14. The van der Waals surface area contributed by atoms with Crippen LogP contribution in [0.15, 0.2) is 80.6 Å². The number of nitrogens with zero attached hydrogens (tertiary/aromatic N) is 6. The van der Waals surface area contributed by atoms with Gasteiger partial charge in [0.15, 0.2) is 21.2 Å². The van der Waals surface area contributed by atoms with Crippen molar-refractivity contribution in [2.24, 2.45) is 7.05 Å². The minimum atomic E-state index is -2.23. The van der Waals surface area contributed by atoms with E-state index in [9.17, 15) is 33.5 Å². The van der Waals surface area contributed by atoms with Gasteiger partial charge in [0, 0.05) is 49.5 Å². The molecule has 3 aromatic carbocycles. The summed E-state index contributed by atoms with van der Waals surface area (Å²) in [5.41, 5.74) is -0.292. The monoisotopic (exact) mass is 810 g/mol. The number of imide groups is 1. The van der Waals surface area contributed by atoms with Crippen molar-refractivity contribution in [3.8, 4) is 17.2 Å². The second-order valence-corrected chi connectivity index (χ2v) is 15.2. The first-order chi connectivity index (χ1) is 26.2. The second-order valence-electron chi connectivity index (χ2n) is 13.5. The minimum absolute atomic E-state index is 0.000479. The minimum Gasteiger partial charge on any atom is -0.508 e. The molecule has 1 N–H and O–H groups in total. The molecule has 2 aromatic heterocycles. The number of phenolic OH excluding ortho intramolecular Hbond substituents is 1. The van der Waals surface area contributed by atoms with Crippen LogP contribution in [0.4, 0.5) is 10.1 Å². The number of carbonyl (C=O) groups is 2. The van der Waals surface area contributed by atoms with Crippen molar-refractivity contribution in [3.63, 3.8) is 0 Å². The number of hydrogen-bond donors (Lipinski definition) is 1. The number of ether oxygens (including phenoxy) is 2. The molecule has 2 amide bonds. The lowest BCUT2D eigenvalue weighted by Crippen LogP contribution is -2.59. The Labute approximate surface area is 325 Å². The summed E-state index contributed by atoms with van der Waals surface area (Å²) in [4.78, 5) is 71.4. The lowest BCUT2D eigenvalue weighted by atomic mass is 9.64. The van der Waals surface area contributed by atoms with Gasteiger partial charge >= 0.3 is 11.4 Å². The average molecular weight is 812 g/mol. The van der Waals surface area contributed by atoms with E-state index in [-0.39, 0.29) is 47.2 Å². The van der Waals surface area contributed by atoms with Gasteiger partial charge < -0.3 is 19.1 Å². The van der Waals surface area contributed by atoms with E-state index in [1.165, 1.54) is 58.5 Å². The number of allylic oxidation sites excluding steroid dienone is 2. The number of carbonyl (C=O) groups excluding carboxylic acids is 2. The maximum atomic E-state index is 14.5. The molecule has 4 heterocycles. The number of phenols is 1. The highest BCUT2D eigenvalue weighted by Gasteiger charge is 2.76. The summed E-state index contributed by atoms with van der Waals surface area (Å²) in [5.74, 6) is -3.06. The fourth-order valence-corrected chi connectivity index (χ4v) is 9.28. The van der Waals surface area contributed by atoms with E-state index in [0.717, 1.165) is 21.6 Å². The number of hydrogen-bond acceptors (Lipinski definition) is 9. The van der Waals surface area contributed by atoms with Gasteiger partial charge in [-0.25, -0.2) is 37.8 Å². The maximum absolute atomic E-state index is 14.5. The van der Waals surface area contributed by atoms with Gasteiger partial charge in [-0.15, -0.1) is 23.2 Å². The molecule has 0 spiro atoms. The third-order valence-electron chi connectivity index (χ3n) is 10.8. The molecule has 1 saturated heterocycles. The van der Waals surface area contributed by atoms with Crippen molar-refractivity contribution in [1.82, 2.24) is 23.5 Å². The van der Waals surface area contributed by atoms with Crippen LogP contribution in [0.3, 0.4) is 0 Å². The molecule has 18 heteroatoms. The molecule has 1 aliphatic carbocycles. The van der Waals surface area contributed by atoms with Gasteiger partial charge in [-0.1, -0.05) is 23.7 Å². The number of rotatable bonds is 7. The first kappa shape index (κ1) is 36.6. The zero-order chi connectivity index (χ0) is 39.3. The fraction of sp³-hybridized carbons (Fsp3) is 0.297. The lowest BCUT2D eigenvalue weighted by molar-refractivity contribution is -0.122. The van der Waals surface area contributed by atoms with Gasteiger partial charge in [-0.3, -0.25) is 14.4 Å². The predicted molar refractivity (Wildman–Crippen MR) is 200 cm³/mol. The zero-order valence-electron chi connectivity index (χ0n) is 29.3. The van der Waals surface area contributed by atoms with Crippen LogP contribution in [0.25, 0.3) is 11.0 Å². The number of halogens is 4. The van der Waals surface area contributed by atoms with Crippen molar-refractivity contribution in [3.05, 3.63) is 120 Å². The highest BCUT2D eigenvalue weighted by Crippen LogP contribution is 2.64. The Morgan fingerprint density at radius 1 is 0.945 bits per heavy atom. The third-order valence-corrected chi connectivity index (χ3v) is 12.5. The number of amides is 2. The molecule has 284 valence electrons. The van der Waals surface area contributed by atoms with Crippen molar-refractivity contribution in [2.45, 2.75) is 47.6 Å². The van der Waals surface area contributed by atoms with E-state index >= 15 is 0 Å². The van der Waals surface area contributed by atoms with Gasteiger partial charge in [0.2, 0.25) is 0 Å². The van der Waals surface area contributed by atoms with Crippen LogP contribution in [-0.4, -0.2) is 64.4 Å². The van der Waals surface area contributed by atoms with Crippen LogP contribution in [0.5, 0.6) is 17.2 Å². The van der Waals surface area contributed by atoms with Gasteiger partial charge in [0.1, 0.15) is 17.3 Å². The Bertz CT molecular complexity index is 2710. The summed E-state index contributed by atoms with van der Waals surface area (Å²) in [7, 11) is 4.51. The summed E-state index contributed by atoms with van der Waals surface area (Å²) in [6, 6.07) is 10.8. The van der Waals surface area contributed by atoms with E-state index in [1.807, 2.05) is 0 Å². The molecule has 0 radical (unpaired) electrons. The molecule has 4 atom stereocenters. The third kappa shape index (κ3) is 5.12. The molecular weight excluding hydrogens is 782 g/mol. The molecule has 5 aromatic rings. The van der Waals surface area contributed by atoms with Crippen molar-refractivity contribution < 1.29 is 28.6 Å². The molecule has 2 fully saturated rings. The first-order valence-corrected chi connectivity index (χ1v) is 18.0. The van der Waals surface area contributed by atoms with Crippen molar-refractivity contribution >= 4 is 63.3 Å². The highest BCUT2D eigenvalue weighted by atomic mass is 35.5. The Hall–Kier alpha value is -5.38. The van der Waals surface area contributed by atoms with E-state index in [4.69, 9.17) is 44.3 Å². The van der Waals surface area contributed by atoms with Gasteiger partial charge in [0.25, 0.3) is 17.4 Å². The number of aromatic nitrogens is 5. The molecule has 14 nitrogen and oxygen atoms in total. The number of aromatic hydroxyl groups is 1. The van der Waals surface area contributed by atoms with E-state index in [2.05, 4.69) is 4.98 Å².